The SMILES string of the molecule is N[C@H]1C[C@H](C(=O)NCCOc2ccccc2F)C[C@@H]1O. The maximum absolute atomic E-state index is 13.3. The quantitative estimate of drug-likeness (QED) is 0.683. The average molecular weight is 282 g/mol. The molecule has 0 aromatic heterocycles. The number of aliphatic hydroxyl groups is 1. The molecule has 1 amide bonds. The minimum Gasteiger partial charge on any atom is -0.489 e. The van der Waals surface area contributed by atoms with E-state index in [1.165, 1.54) is 12.1 Å². The first-order valence-electron chi connectivity index (χ1n) is 6.66. The van der Waals surface area contributed by atoms with Gasteiger partial charge in [-0.2, -0.15) is 0 Å². The van der Waals surface area contributed by atoms with Gasteiger partial charge in [0, 0.05) is 12.0 Å². The van der Waals surface area contributed by atoms with Crippen LogP contribution >= 0.6 is 0 Å². The van der Waals surface area contributed by atoms with Crippen molar-refractivity contribution in [1.29, 1.82) is 0 Å². The molecule has 1 aliphatic carbocycles. The Hall–Kier alpha value is -1.66. The van der Waals surface area contributed by atoms with Gasteiger partial charge in [-0.25, -0.2) is 4.39 Å². The third-order valence-electron chi connectivity index (χ3n) is 3.44. The van der Waals surface area contributed by atoms with Crippen LogP contribution in [0.15, 0.2) is 24.3 Å². The highest BCUT2D eigenvalue weighted by molar-refractivity contribution is 5.79. The number of hydrogen-bond donors (Lipinski definition) is 3. The summed E-state index contributed by atoms with van der Waals surface area (Å²) < 4.78 is 18.5. The lowest BCUT2D eigenvalue weighted by atomic mass is 10.1. The molecule has 0 spiro atoms. The molecule has 110 valence electrons. The number of nitrogens with one attached hydrogen (secondary N) is 1. The van der Waals surface area contributed by atoms with Crippen LogP contribution in [0.5, 0.6) is 5.75 Å². The van der Waals surface area contributed by atoms with Crippen molar-refractivity contribution >= 4 is 5.91 Å². The number of rotatable bonds is 5. The van der Waals surface area contributed by atoms with Crippen molar-refractivity contribution in [2.75, 3.05) is 13.2 Å². The van der Waals surface area contributed by atoms with E-state index in [0.717, 1.165) is 0 Å². The van der Waals surface area contributed by atoms with Crippen molar-refractivity contribution in [3.05, 3.63) is 30.1 Å². The third-order valence-corrected chi connectivity index (χ3v) is 3.44. The molecule has 5 nitrogen and oxygen atoms in total. The Morgan fingerprint density at radius 3 is 2.85 bits per heavy atom. The Labute approximate surface area is 116 Å². The van der Waals surface area contributed by atoms with E-state index in [4.69, 9.17) is 10.5 Å². The van der Waals surface area contributed by atoms with Crippen molar-refractivity contribution in [1.82, 2.24) is 5.32 Å². The van der Waals surface area contributed by atoms with E-state index in [1.54, 1.807) is 12.1 Å². The maximum atomic E-state index is 13.3. The smallest absolute Gasteiger partial charge is 0.223 e. The van der Waals surface area contributed by atoms with Crippen molar-refractivity contribution < 1.29 is 19.0 Å². The Balaban J connectivity index is 1.69. The highest BCUT2D eigenvalue weighted by atomic mass is 19.1. The number of nitrogens with two attached hydrogens (primary N) is 1. The fourth-order valence-electron chi connectivity index (χ4n) is 2.30. The molecule has 1 aliphatic rings. The van der Waals surface area contributed by atoms with Crippen LogP contribution in [0.4, 0.5) is 4.39 Å². The third kappa shape index (κ3) is 3.68. The van der Waals surface area contributed by atoms with Gasteiger partial charge in [0.15, 0.2) is 11.6 Å². The normalized spacial score (nSPS) is 25.4. The maximum Gasteiger partial charge on any atom is 0.223 e. The molecule has 20 heavy (non-hydrogen) atoms. The highest BCUT2D eigenvalue weighted by Crippen LogP contribution is 2.24. The number of benzene rings is 1. The van der Waals surface area contributed by atoms with Crippen LogP contribution in [0.3, 0.4) is 0 Å². The van der Waals surface area contributed by atoms with Crippen molar-refractivity contribution in [2.24, 2.45) is 11.7 Å². The lowest BCUT2D eigenvalue weighted by molar-refractivity contribution is -0.125. The zero-order valence-corrected chi connectivity index (χ0v) is 11.1. The second-order valence-electron chi connectivity index (χ2n) is 4.97. The predicted molar refractivity (Wildman–Crippen MR) is 71.6 cm³/mol. The van der Waals surface area contributed by atoms with Gasteiger partial charge >= 0.3 is 0 Å². The first kappa shape index (κ1) is 14.7. The summed E-state index contributed by atoms with van der Waals surface area (Å²) >= 11 is 0. The average Bonchev–Trinajstić information content (AvgIpc) is 2.76. The van der Waals surface area contributed by atoms with Crippen LogP contribution in [0.2, 0.25) is 0 Å². The van der Waals surface area contributed by atoms with Gasteiger partial charge in [0.2, 0.25) is 5.91 Å². The molecule has 0 heterocycles. The molecule has 3 atom stereocenters. The summed E-state index contributed by atoms with van der Waals surface area (Å²) in [6.07, 6.45) is 0.267. The van der Waals surface area contributed by atoms with Gasteiger partial charge in [0.05, 0.1) is 12.6 Å². The largest absolute Gasteiger partial charge is 0.489 e. The van der Waals surface area contributed by atoms with Gasteiger partial charge in [0.25, 0.3) is 0 Å². The predicted octanol–water partition coefficient (Wildman–Crippen LogP) is 0.419. The van der Waals surface area contributed by atoms with E-state index in [2.05, 4.69) is 5.32 Å². The fraction of sp³-hybridized carbons (Fsp3) is 0.500. The van der Waals surface area contributed by atoms with Gasteiger partial charge in [-0.05, 0) is 25.0 Å². The molecule has 0 aliphatic heterocycles. The lowest BCUT2D eigenvalue weighted by Crippen LogP contribution is -2.33. The molecule has 1 aromatic carbocycles. The first-order chi connectivity index (χ1) is 9.58. The summed E-state index contributed by atoms with van der Waals surface area (Å²) in [5, 5.41) is 12.2. The van der Waals surface area contributed by atoms with Crippen molar-refractivity contribution in [3.8, 4) is 5.75 Å². The summed E-state index contributed by atoms with van der Waals surface area (Å²) in [5.41, 5.74) is 5.66. The molecule has 1 aromatic rings. The molecule has 0 unspecified atom stereocenters. The Morgan fingerprint density at radius 1 is 1.45 bits per heavy atom. The molecule has 4 N–H and O–H groups in total. The standard InChI is InChI=1S/C14H19FN2O3/c15-10-3-1-2-4-13(10)20-6-5-17-14(19)9-7-11(16)12(18)8-9/h1-4,9,11-12,18H,5-8,16H2,(H,17,19)/t9-,11-,12-/m0/s1. The fourth-order valence-corrected chi connectivity index (χ4v) is 2.30. The lowest BCUT2D eigenvalue weighted by Gasteiger charge is -2.11. The molecule has 0 bridgehead atoms. The Morgan fingerprint density at radius 2 is 2.20 bits per heavy atom. The molecule has 1 saturated carbocycles. The van der Waals surface area contributed by atoms with Crippen LogP contribution in [-0.4, -0.2) is 36.3 Å². The second kappa shape index (κ2) is 6.67. The summed E-state index contributed by atoms with van der Waals surface area (Å²) in [4.78, 5) is 11.8. The number of ether oxygens (including phenoxy) is 1. The number of carbonyl (C=O) groups excluding carboxylic acids is 1. The van der Waals surface area contributed by atoms with Crippen LogP contribution in [0.1, 0.15) is 12.8 Å². The van der Waals surface area contributed by atoms with Crippen molar-refractivity contribution in [3.63, 3.8) is 0 Å². The topological polar surface area (TPSA) is 84.6 Å². The monoisotopic (exact) mass is 282 g/mol. The molecule has 2 rings (SSSR count). The Bertz CT molecular complexity index is 459. The van der Waals surface area contributed by atoms with E-state index in [1.807, 2.05) is 0 Å². The van der Waals surface area contributed by atoms with E-state index in [0.29, 0.717) is 12.8 Å². The van der Waals surface area contributed by atoms with Gasteiger partial charge in [-0.15, -0.1) is 0 Å². The van der Waals surface area contributed by atoms with Crippen molar-refractivity contribution in [2.45, 2.75) is 25.0 Å². The number of amides is 1. The molecule has 0 radical (unpaired) electrons. The van der Waals surface area contributed by atoms with Gasteiger partial charge in [-0.1, -0.05) is 12.1 Å². The van der Waals surface area contributed by atoms with E-state index >= 15 is 0 Å². The van der Waals surface area contributed by atoms with Gasteiger partial charge in [0.1, 0.15) is 6.61 Å². The van der Waals surface area contributed by atoms with E-state index < -0.39 is 11.9 Å². The van der Waals surface area contributed by atoms with E-state index in [9.17, 15) is 14.3 Å². The molecular formula is C14H19FN2O3. The van der Waals surface area contributed by atoms with Gasteiger partial charge < -0.3 is 20.9 Å². The zero-order valence-electron chi connectivity index (χ0n) is 11.1. The summed E-state index contributed by atoms with van der Waals surface area (Å²) in [6, 6.07) is 5.77. The first-order valence-corrected chi connectivity index (χ1v) is 6.66. The molecule has 0 saturated heterocycles. The highest BCUT2D eigenvalue weighted by Gasteiger charge is 2.34. The number of aliphatic hydroxyl groups excluding tert-OH is 1. The summed E-state index contributed by atoms with van der Waals surface area (Å²) in [5.74, 6) is -0.661. The molecule has 6 heteroatoms. The minimum absolute atomic E-state index is 0.144. The second-order valence-corrected chi connectivity index (χ2v) is 4.97. The van der Waals surface area contributed by atoms with Crippen LogP contribution in [0, 0.1) is 11.7 Å². The minimum atomic E-state index is -0.611. The van der Waals surface area contributed by atoms with Crippen LogP contribution < -0.4 is 15.8 Å². The number of hydrogen-bond acceptors (Lipinski definition) is 4. The molecule has 1 fully saturated rings. The zero-order chi connectivity index (χ0) is 14.5. The molecular weight excluding hydrogens is 263 g/mol. The summed E-state index contributed by atoms with van der Waals surface area (Å²) in [6.45, 7) is 0.475. The van der Waals surface area contributed by atoms with Crippen LogP contribution in [0.25, 0.3) is 0 Å². The number of halogens is 1. The van der Waals surface area contributed by atoms with Gasteiger partial charge in [-0.3, -0.25) is 4.79 Å². The summed E-state index contributed by atoms with van der Waals surface area (Å²) in [7, 11) is 0. The number of para-hydroxylation sites is 1. The van der Waals surface area contributed by atoms with Crippen LogP contribution in [-0.2, 0) is 4.79 Å². The Kier molecular flexibility index (Phi) is 4.92. The van der Waals surface area contributed by atoms with E-state index in [-0.39, 0.29) is 36.8 Å². The number of carbonyl (C=O) groups is 1.